The van der Waals surface area contributed by atoms with E-state index < -0.39 is 5.54 Å². The minimum Gasteiger partial charge on any atom is -0.496 e. The summed E-state index contributed by atoms with van der Waals surface area (Å²) < 4.78 is 18.7. The number of fused-ring (bicyclic) bond motifs is 3. The van der Waals surface area contributed by atoms with Crippen LogP contribution in [0.25, 0.3) is 10.9 Å². The Labute approximate surface area is 207 Å². The van der Waals surface area contributed by atoms with Gasteiger partial charge in [0.05, 0.1) is 26.3 Å². The van der Waals surface area contributed by atoms with Gasteiger partial charge in [0.25, 0.3) is 5.91 Å². The number of carbonyl (C=O) groups excluding carboxylic acids is 2. The van der Waals surface area contributed by atoms with Crippen LogP contribution in [0.3, 0.4) is 0 Å². The van der Waals surface area contributed by atoms with Gasteiger partial charge in [0, 0.05) is 31.2 Å². The summed E-state index contributed by atoms with van der Waals surface area (Å²) >= 11 is 0. The first kappa shape index (κ1) is 25.4. The molecule has 8 nitrogen and oxygen atoms in total. The van der Waals surface area contributed by atoms with Crippen molar-refractivity contribution in [3.63, 3.8) is 0 Å². The van der Waals surface area contributed by atoms with Crippen LogP contribution in [0.4, 0.5) is 0 Å². The number of nitrogens with one attached hydrogen (secondary N) is 1. The highest BCUT2D eigenvalue weighted by molar-refractivity contribution is 6.05. The molecule has 2 aromatic rings. The number of hydrogen-bond acceptors (Lipinski definition) is 5. The molecule has 1 aliphatic heterocycles. The minimum atomic E-state index is -1.04. The maximum absolute atomic E-state index is 13.9. The van der Waals surface area contributed by atoms with E-state index in [1.54, 1.807) is 19.1 Å². The van der Waals surface area contributed by atoms with Gasteiger partial charge in [-0.25, -0.2) is 0 Å². The number of rotatable bonds is 9. The van der Waals surface area contributed by atoms with Crippen molar-refractivity contribution in [2.45, 2.75) is 76.9 Å². The molecule has 1 aromatic carbocycles. The molecule has 8 heteroatoms. The maximum Gasteiger partial charge on any atom is 0.271 e. The molecular weight excluding hydrogens is 446 g/mol. The van der Waals surface area contributed by atoms with E-state index in [4.69, 9.17) is 14.2 Å². The van der Waals surface area contributed by atoms with Crippen LogP contribution < -0.4 is 14.8 Å². The van der Waals surface area contributed by atoms with Crippen molar-refractivity contribution in [3.05, 3.63) is 23.9 Å². The zero-order valence-electron chi connectivity index (χ0n) is 21.5. The standard InChI is InChI=1S/C27H39N3O5/c1-5-35-16-10-15-30-25(31)21-17-20-22(33-3)13-14-23(34-4)24(20)29(21)18-27(30,2)26(32)28-19-11-8-6-7-9-12-19/h13-14,17,19H,5-12,15-16,18H2,1-4H3,(H,28,32). The van der Waals surface area contributed by atoms with Gasteiger partial charge in [-0.1, -0.05) is 25.7 Å². The molecule has 4 rings (SSSR count). The third-order valence-electron chi connectivity index (χ3n) is 7.50. The van der Waals surface area contributed by atoms with Crippen LogP contribution >= 0.6 is 0 Å². The molecule has 1 atom stereocenters. The average Bonchev–Trinajstić information content (AvgIpc) is 3.04. The number of benzene rings is 1. The summed E-state index contributed by atoms with van der Waals surface area (Å²) in [5.41, 5.74) is 0.277. The van der Waals surface area contributed by atoms with Crippen LogP contribution in [0.15, 0.2) is 18.2 Å². The zero-order valence-corrected chi connectivity index (χ0v) is 21.5. The second kappa shape index (κ2) is 10.9. The lowest BCUT2D eigenvalue weighted by Gasteiger charge is -2.44. The molecule has 1 saturated carbocycles. The van der Waals surface area contributed by atoms with Crippen LogP contribution in [-0.4, -0.2) is 66.8 Å². The lowest BCUT2D eigenvalue weighted by molar-refractivity contribution is -0.133. The molecule has 1 aliphatic carbocycles. The van der Waals surface area contributed by atoms with Gasteiger partial charge in [-0.15, -0.1) is 0 Å². The Morgan fingerprint density at radius 1 is 1.11 bits per heavy atom. The van der Waals surface area contributed by atoms with Crippen molar-refractivity contribution in [1.29, 1.82) is 0 Å². The summed E-state index contributed by atoms with van der Waals surface area (Å²) in [6.45, 7) is 5.80. The number of hydrogen-bond donors (Lipinski definition) is 1. The Bertz CT molecular complexity index is 1060. The van der Waals surface area contributed by atoms with Gasteiger partial charge >= 0.3 is 0 Å². The minimum absolute atomic E-state index is 0.0940. The van der Waals surface area contributed by atoms with E-state index in [2.05, 4.69) is 5.32 Å². The van der Waals surface area contributed by atoms with Crippen LogP contribution in [-0.2, 0) is 16.1 Å². The van der Waals surface area contributed by atoms with E-state index in [1.165, 1.54) is 12.8 Å². The van der Waals surface area contributed by atoms with E-state index >= 15 is 0 Å². The Kier molecular flexibility index (Phi) is 7.89. The molecule has 0 spiro atoms. The molecule has 2 aliphatic rings. The number of methoxy groups -OCH3 is 2. The number of nitrogens with zero attached hydrogens (tertiary/aromatic N) is 2. The normalized spacial score (nSPS) is 21.0. The summed E-state index contributed by atoms with van der Waals surface area (Å²) in [7, 11) is 3.23. The van der Waals surface area contributed by atoms with Crippen LogP contribution in [0.5, 0.6) is 11.5 Å². The van der Waals surface area contributed by atoms with Gasteiger partial charge in [-0.3, -0.25) is 9.59 Å². The molecule has 0 bridgehead atoms. The van der Waals surface area contributed by atoms with Crippen LogP contribution in [0.2, 0.25) is 0 Å². The van der Waals surface area contributed by atoms with Crippen molar-refractivity contribution in [1.82, 2.24) is 14.8 Å². The Morgan fingerprint density at radius 3 is 2.46 bits per heavy atom. The predicted octanol–water partition coefficient (Wildman–Crippen LogP) is 4.14. The largest absolute Gasteiger partial charge is 0.496 e. The summed E-state index contributed by atoms with van der Waals surface area (Å²) in [5, 5.41) is 4.11. The molecule has 0 saturated heterocycles. The van der Waals surface area contributed by atoms with Crippen molar-refractivity contribution in [2.24, 2.45) is 0 Å². The fourth-order valence-electron chi connectivity index (χ4n) is 5.54. The third-order valence-corrected chi connectivity index (χ3v) is 7.50. The SMILES string of the molecule is CCOCCCN1C(=O)c2cc3c(OC)ccc(OC)c3n2CC1(C)C(=O)NC1CCCCCC1. The van der Waals surface area contributed by atoms with Crippen LogP contribution in [0.1, 0.15) is 69.3 Å². The van der Waals surface area contributed by atoms with E-state index in [0.717, 1.165) is 36.6 Å². The highest BCUT2D eigenvalue weighted by Gasteiger charge is 2.48. The Morgan fingerprint density at radius 2 is 1.80 bits per heavy atom. The molecule has 2 heterocycles. The maximum atomic E-state index is 13.9. The van der Waals surface area contributed by atoms with Gasteiger partial charge < -0.3 is 29.0 Å². The number of aromatic nitrogens is 1. The van der Waals surface area contributed by atoms with Gasteiger partial charge in [0.2, 0.25) is 5.91 Å². The van der Waals surface area contributed by atoms with Gasteiger partial charge in [-0.05, 0) is 51.3 Å². The summed E-state index contributed by atoms with van der Waals surface area (Å²) in [4.78, 5) is 29.5. The van der Waals surface area contributed by atoms with Gasteiger partial charge in [0.1, 0.15) is 22.7 Å². The lowest BCUT2D eigenvalue weighted by Crippen LogP contribution is -2.65. The summed E-state index contributed by atoms with van der Waals surface area (Å²) in [5.74, 6) is 1.06. The number of amides is 2. The monoisotopic (exact) mass is 485 g/mol. The molecule has 1 N–H and O–H groups in total. The first-order valence-corrected chi connectivity index (χ1v) is 12.9. The lowest BCUT2D eigenvalue weighted by atomic mass is 9.93. The second-order valence-electron chi connectivity index (χ2n) is 9.79. The fraction of sp³-hybridized carbons (Fsp3) is 0.630. The predicted molar refractivity (Wildman–Crippen MR) is 135 cm³/mol. The van der Waals surface area contributed by atoms with E-state index in [-0.39, 0.29) is 17.9 Å². The van der Waals surface area contributed by atoms with E-state index in [0.29, 0.717) is 49.9 Å². The fourth-order valence-corrected chi connectivity index (χ4v) is 5.54. The molecule has 35 heavy (non-hydrogen) atoms. The number of carbonyl (C=O) groups is 2. The van der Waals surface area contributed by atoms with E-state index in [9.17, 15) is 9.59 Å². The highest BCUT2D eigenvalue weighted by atomic mass is 16.5. The summed E-state index contributed by atoms with van der Waals surface area (Å²) in [6, 6.07) is 5.70. The Hall–Kier alpha value is -2.74. The topological polar surface area (TPSA) is 82.0 Å². The molecule has 1 unspecified atom stereocenters. The molecule has 0 radical (unpaired) electrons. The molecular formula is C27H39N3O5. The van der Waals surface area contributed by atoms with Crippen LogP contribution in [0, 0.1) is 0 Å². The molecule has 1 aromatic heterocycles. The van der Waals surface area contributed by atoms with Crippen molar-refractivity contribution in [3.8, 4) is 11.5 Å². The van der Waals surface area contributed by atoms with Gasteiger partial charge in [-0.2, -0.15) is 0 Å². The first-order chi connectivity index (χ1) is 16.9. The summed E-state index contributed by atoms with van der Waals surface area (Å²) in [6.07, 6.45) is 7.33. The average molecular weight is 486 g/mol. The van der Waals surface area contributed by atoms with Gasteiger partial charge in [0.15, 0.2) is 0 Å². The zero-order chi connectivity index (χ0) is 25.0. The van der Waals surface area contributed by atoms with Crippen molar-refractivity contribution in [2.75, 3.05) is 34.0 Å². The molecule has 1 fully saturated rings. The third kappa shape index (κ3) is 4.85. The second-order valence-corrected chi connectivity index (χ2v) is 9.79. The quantitative estimate of drug-likeness (QED) is 0.426. The van der Waals surface area contributed by atoms with Crippen molar-refractivity contribution >= 4 is 22.7 Å². The van der Waals surface area contributed by atoms with E-state index in [1.807, 2.05) is 36.6 Å². The Balaban J connectivity index is 1.74. The smallest absolute Gasteiger partial charge is 0.271 e. The van der Waals surface area contributed by atoms with Crippen molar-refractivity contribution < 1.29 is 23.8 Å². The molecule has 2 amide bonds. The first-order valence-electron chi connectivity index (χ1n) is 12.9. The highest BCUT2D eigenvalue weighted by Crippen LogP contribution is 2.40. The number of ether oxygens (including phenoxy) is 3. The molecule has 192 valence electrons.